The second kappa shape index (κ2) is 5.37. The standard InChI is InChI=1S/C10H13ClN2O3S/c1-13(10(14)7-11)9-5-3-8(4-6-9)12-17(2,15)16/h3-6,12H,7H2,1-2H3. The molecule has 5 nitrogen and oxygen atoms in total. The van der Waals surface area contributed by atoms with Crippen molar-refractivity contribution in [3.63, 3.8) is 0 Å². The Labute approximate surface area is 105 Å². The topological polar surface area (TPSA) is 66.5 Å². The van der Waals surface area contributed by atoms with Gasteiger partial charge >= 0.3 is 0 Å². The predicted molar refractivity (Wildman–Crippen MR) is 69.0 cm³/mol. The molecule has 1 N–H and O–H groups in total. The van der Waals surface area contributed by atoms with Gasteiger partial charge < -0.3 is 4.90 Å². The van der Waals surface area contributed by atoms with Crippen LogP contribution in [0.2, 0.25) is 0 Å². The third kappa shape index (κ3) is 4.24. The van der Waals surface area contributed by atoms with Gasteiger partial charge in [-0.3, -0.25) is 9.52 Å². The molecule has 0 fully saturated rings. The van der Waals surface area contributed by atoms with Crippen molar-refractivity contribution in [2.45, 2.75) is 0 Å². The van der Waals surface area contributed by atoms with Crippen molar-refractivity contribution >= 4 is 38.9 Å². The molecule has 1 aromatic rings. The van der Waals surface area contributed by atoms with Crippen molar-refractivity contribution < 1.29 is 13.2 Å². The van der Waals surface area contributed by atoms with Gasteiger partial charge in [-0.05, 0) is 24.3 Å². The van der Waals surface area contributed by atoms with E-state index in [0.717, 1.165) is 6.26 Å². The van der Waals surface area contributed by atoms with Crippen LogP contribution in [0.25, 0.3) is 0 Å². The highest BCUT2D eigenvalue weighted by atomic mass is 35.5. The number of carbonyl (C=O) groups excluding carboxylic acids is 1. The second-order valence-electron chi connectivity index (χ2n) is 3.51. The third-order valence-corrected chi connectivity index (χ3v) is 2.88. The summed E-state index contributed by atoms with van der Waals surface area (Å²) >= 11 is 5.43. The minimum atomic E-state index is -3.28. The molecule has 0 aliphatic rings. The molecule has 0 bridgehead atoms. The van der Waals surface area contributed by atoms with Crippen LogP contribution < -0.4 is 9.62 Å². The molecule has 1 aromatic carbocycles. The van der Waals surface area contributed by atoms with Gasteiger partial charge in [0.05, 0.1) is 6.26 Å². The van der Waals surface area contributed by atoms with Crippen molar-refractivity contribution in [1.82, 2.24) is 0 Å². The van der Waals surface area contributed by atoms with Crippen molar-refractivity contribution in [2.75, 3.05) is 28.8 Å². The summed E-state index contributed by atoms with van der Waals surface area (Å²) in [7, 11) is -1.68. The van der Waals surface area contributed by atoms with E-state index in [4.69, 9.17) is 11.6 Å². The van der Waals surface area contributed by atoms with Crippen LogP contribution in [-0.2, 0) is 14.8 Å². The summed E-state index contributed by atoms with van der Waals surface area (Å²) in [6.45, 7) is 0. The van der Waals surface area contributed by atoms with Gasteiger partial charge in [-0.1, -0.05) is 0 Å². The molecule has 0 spiro atoms. The summed E-state index contributed by atoms with van der Waals surface area (Å²) < 4.78 is 24.3. The van der Waals surface area contributed by atoms with Crippen LogP contribution in [0.5, 0.6) is 0 Å². The Hall–Kier alpha value is -1.27. The number of hydrogen-bond acceptors (Lipinski definition) is 3. The number of nitrogens with zero attached hydrogens (tertiary/aromatic N) is 1. The molecule has 17 heavy (non-hydrogen) atoms. The zero-order valence-electron chi connectivity index (χ0n) is 9.47. The number of rotatable bonds is 4. The lowest BCUT2D eigenvalue weighted by Crippen LogP contribution is -2.27. The third-order valence-electron chi connectivity index (χ3n) is 2.05. The first-order valence-electron chi connectivity index (χ1n) is 4.74. The molecule has 0 aromatic heterocycles. The quantitative estimate of drug-likeness (QED) is 0.842. The van der Waals surface area contributed by atoms with E-state index < -0.39 is 10.0 Å². The molecule has 94 valence electrons. The first kappa shape index (κ1) is 13.8. The number of anilines is 2. The van der Waals surface area contributed by atoms with Crippen molar-refractivity contribution in [1.29, 1.82) is 0 Å². The van der Waals surface area contributed by atoms with E-state index in [1.807, 2.05) is 0 Å². The highest BCUT2D eigenvalue weighted by Crippen LogP contribution is 2.17. The summed E-state index contributed by atoms with van der Waals surface area (Å²) in [6, 6.07) is 6.43. The first-order valence-corrected chi connectivity index (χ1v) is 7.16. The molecule has 0 heterocycles. The number of halogens is 1. The number of benzene rings is 1. The van der Waals surface area contributed by atoms with Gasteiger partial charge in [0.25, 0.3) is 0 Å². The molecule has 7 heteroatoms. The molecule has 0 aliphatic heterocycles. The lowest BCUT2D eigenvalue weighted by atomic mass is 10.2. The molecule has 0 unspecified atom stereocenters. The molecule has 0 atom stereocenters. The summed E-state index contributed by atoms with van der Waals surface area (Å²) in [6.07, 6.45) is 1.07. The zero-order chi connectivity index (χ0) is 13.1. The molecule has 1 amide bonds. The summed E-state index contributed by atoms with van der Waals surface area (Å²) in [5, 5.41) is 0. The number of hydrogen-bond donors (Lipinski definition) is 1. The fourth-order valence-corrected chi connectivity index (χ4v) is 1.94. The maximum Gasteiger partial charge on any atom is 0.241 e. The van der Waals surface area contributed by atoms with Crippen LogP contribution in [0.4, 0.5) is 11.4 Å². The fraction of sp³-hybridized carbons (Fsp3) is 0.300. The van der Waals surface area contributed by atoms with Crippen LogP contribution in [0.15, 0.2) is 24.3 Å². The number of carbonyl (C=O) groups is 1. The van der Waals surface area contributed by atoms with E-state index in [1.165, 1.54) is 4.90 Å². The maximum atomic E-state index is 11.3. The van der Waals surface area contributed by atoms with Crippen molar-refractivity contribution in [3.05, 3.63) is 24.3 Å². The smallest absolute Gasteiger partial charge is 0.241 e. The number of amides is 1. The summed E-state index contributed by atoms with van der Waals surface area (Å²) in [5.74, 6) is -0.324. The van der Waals surface area contributed by atoms with E-state index in [0.29, 0.717) is 11.4 Å². The summed E-state index contributed by atoms with van der Waals surface area (Å²) in [5.41, 5.74) is 1.10. The normalized spacial score (nSPS) is 11.0. The zero-order valence-corrected chi connectivity index (χ0v) is 11.0. The van der Waals surface area contributed by atoms with Gasteiger partial charge in [0.1, 0.15) is 5.88 Å². The van der Waals surface area contributed by atoms with Crippen LogP contribution in [-0.4, -0.2) is 33.5 Å². The monoisotopic (exact) mass is 276 g/mol. The lowest BCUT2D eigenvalue weighted by Gasteiger charge is -2.16. The molecule has 0 saturated carbocycles. The minimum absolute atomic E-state index is 0.0974. The lowest BCUT2D eigenvalue weighted by molar-refractivity contribution is -0.116. The fourth-order valence-electron chi connectivity index (χ4n) is 1.20. The number of sulfonamides is 1. The van der Waals surface area contributed by atoms with Gasteiger partial charge in [-0.2, -0.15) is 0 Å². The van der Waals surface area contributed by atoms with E-state index in [-0.39, 0.29) is 11.8 Å². The van der Waals surface area contributed by atoms with Gasteiger partial charge in [-0.25, -0.2) is 8.42 Å². The Bertz CT molecular complexity index is 499. The average Bonchev–Trinajstić information content (AvgIpc) is 2.26. The maximum absolute atomic E-state index is 11.3. The van der Waals surface area contributed by atoms with E-state index >= 15 is 0 Å². The number of alkyl halides is 1. The van der Waals surface area contributed by atoms with E-state index in [9.17, 15) is 13.2 Å². The van der Waals surface area contributed by atoms with Crippen molar-refractivity contribution in [3.8, 4) is 0 Å². The van der Waals surface area contributed by atoms with Crippen LogP contribution >= 0.6 is 11.6 Å². The number of nitrogens with one attached hydrogen (secondary N) is 1. The Kier molecular flexibility index (Phi) is 4.36. The van der Waals surface area contributed by atoms with Crippen molar-refractivity contribution in [2.24, 2.45) is 0 Å². The van der Waals surface area contributed by atoms with Gasteiger partial charge in [0.2, 0.25) is 15.9 Å². The first-order chi connectivity index (χ1) is 7.83. The molecule has 0 aliphatic carbocycles. The average molecular weight is 277 g/mol. The van der Waals surface area contributed by atoms with Gasteiger partial charge in [0, 0.05) is 18.4 Å². The molecule has 0 radical (unpaired) electrons. The minimum Gasteiger partial charge on any atom is -0.314 e. The molecule has 0 saturated heterocycles. The predicted octanol–water partition coefficient (Wildman–Crippen LogP) is 1.26. The van der Waals surface area contributed by atoms with E-state index in [2.05, 4.69) is 4.72 Å². The van der Waals surface area contributed by atoms with Gasteiger partial charge in [0.15, 0.2) is 0 Å². The molecule has 1 rings (SSSR count). The molecular formula is C10H13ClN2O3S. The SMILES string of the molecule is CN(C(=O)CCl)c1ccc(NS(C)(=O)=O)cc1. The molecular weight excluding hydrogens is 264 g/mol. The second-order valence-corrected chi connectivity index (χ2v) is 5.52. The Balaban J connectivity index is 2.85. The Morgan fingerprint density at radius 3 is 2.29 bits per heavy atom. The highest BCUT2D eigenvalue weighted by molar-refractivity contribution is 7.92. The van der Waals surface area contributed by atoms with Crippen LogP contribution in [0.1, 0.15) is 0 Å². The Morgan fingerprint density at radius 2 is 1.88 bits per heavy atom. The van der Waals surface area contributed by atoms with E-state index in [1.54, 1.807) is 31.3 Å². The Morgan fingerprint density at radius 1 is 1.35 bits per heavy atom. The largest absolute Gasteiger partial charge is 0.314 e. The summed E-state index contributed by atoms with van der Waals surface area (Å²) in [4.78, 5) is 12.7. The van der Waals surface area contributed by atoms with Crippen LogP contribution in [0, 0.1) is 0 Å². The highest BCUT2D eigenvalue weighted by Gasteiger charge is 2.09. The van der Waals surface area contributed by atoms with Gasteiger partial charge in [-0.15, -0.1) is 11.6 Å². The van der Waals surface area contributed by atoms with Crippen LogP contribution in [0.3, 0.4) is 0 Å².